The largest absolute Gasteiger partial charge is 0.380 e. The van der Waals surface area contributed by atoms with Gasteiger partial charge in [0.25, 0.3) is 5.69 Å². The Labute approximate surface area is 145 Å². The van der Waals surface area contributed by atoms with E-state index in [-0.39, 0.29) is 11.3 Å². The zero-order valence-corrected chi connectivity index (χ0v) is 14.1. The second-order valence-corrected chi connectivity index (χ2v) is 8.39. The van der Waals surface area contributed by atoms with Crippen molar-refractivity contribution in [2.24, 2.45) is 0 Å². The van der Waals surface area contributed by atoms with Crippen LogP contribution in [0.3, 0.4) is 0 Å². The molecule has 1 unspecified atom stereocenters. The van der Waals surface area contributed by atoms with Gasteiger partial charge in [-0.05, 0) is 5.56 Å². The maximum Gasteiger partial charge on any atom is 0.269 e. The van der Waals surface area contributed by atoms with Crippen molar-refractivity contribution in [2.45, 2.75) is 5.85 Å². The number of nitro benzene ring substituents is 1. The SMILES string of the molecule is O=[N+]([O-])c1cccc(C(O)P(=O)(c2ccccc2)c2ccccc2)c1. The van der Waals surface area contributed by atoms with E-state index in [1.54, 1.807) is 66.7 Å². The molecular formula is C19H16NO4P. The van der Waals surface area contributed by atoms with Crippen LogP contribution in [0.2, 0.25) is 0 Å². The van der Waals surface area contributed by atoms with Gasteiger partial charge in [-0.25, -0.2) is 0 Å². The highest BCUT2D eigenvalue weighted by molar-refractivity contribution is 7.78. The summed E-state index contributed by atoms with van der Waals surface area (Å²) in [5.41, 5.74) is 0.106. The Morgan fingerprint density at radius 1 is 0.840 bits per heavy atom. The molecule has 0 aliphatic carbocycles. The fourth-order valence-electron chi connectivity index (χ4n) is 2.74. The third-order valence-corrected chi connectivity index (χ3v) is 7.12. The first-order chi connectivity index (χ1) is 12.0. The van der Waals surface area contributed by atoms with Crippen molar-refractivity contribution in [1.29, 1.82) is 0 Å². The smallest absolute Gasteiger partial charge is 0.269 e. The van der Waals surface area contributed by atoms with E-state index in [4.69, 9.17) is 0 Å². The Kier molecular flexibility index (Phi) is 4.79. The molecule has 3 aromatic rings. The number of aliphatic hydroxyl groups excluding tert-OH is 1. The fourth-order valence-corrected chi connectivity index (χ4v) is 5.41. The van der Waals surface area contributed by atoms with Crippen molar-refractivity contribution in [2.75, 3.05) is 0 Å². The van der Waals surface area contributed by atoms with Crippen LogP contribution in [0.4, 0.5) is 5.69 Å². The predicted octanol–water partition coefficient (Wildman–Crippen LogP) is 3.60. The first-order valence-electron chi connectivity index (χ1n) is 7.67. The number of rotatable bonds is 5. The second kappa shape index (κ2) is 7.01. The van der Waals surface area contributed by atoms with Crippen LogP contribution in [0.5, 0.6) is 0 Å². The van der Waals surface area contributed by atoms with Crippen LogP contribution in [-0.2, 0) is 4.57 Å². The molecule has 0 aliphatic rings. The van der Waals surface area contributed by atoms with Crippen molar-refractivity contribution in [3.63, 3.8) is 0 Å². The molecule has 0 fully saturated rings. The molecule has 5 nitrogen and oxygen atoms in total. The van der Waals surface area contributed by atoms with Gasteiger partial charge in [0.1, 0.15) is 5.85 Å². The van der Waals surface area contributed by atoms with E-state index in [1.165, 1.54) is 18.2 Å². The van der Waals surface area contributed by atoms with Gasteiger partial charge >= 0.3 is 0 Å². The van der Waals surface area contributed by atoms with E-state index in [1.807, 2.05) is 0 Å². The van der Waals surface area contributed by atoms with E-state index >= 15 is 0 Å². The average molecular weight is 353 g/mol. The van der Waals surface area contributed by atoms with Crippen LogP contribution in [-0.4, -0.2) is 10.0 Å². The third kappa shape index (κ3) is 3.25. The molecule has 0 bridgehead atoms. The molecule has 6 heteroatoms. The number of nitrogens with zero attached hydrogens (tertiary/aromatic N) is 1. The molecule has 25 heavy (non-hydrogen) atoms. The standard InChI is InChI=1S/C19H16NO4P/c21-19(15-8-7-9-16(14-15)20(22)23)25(24,17-10-3-1-4-11-17)18-12-5-2-6-13-18/h1-14,19,21H. The van der Waals surface area contributed by atoms with Gasteiger partial charge < -0.3 is 9.67 Å². The zero-order valence-electron chi connectivity index (χ0n) is 13.2. The highest BCUT2D eigenvalue weighted by atomic mass is 31.2. The molecule has 0 saturated carbocycles. The number of non-ortho nitro benzene ring substituents is 1. The summed E-state index contributed by atoms with van der Waals surface area (Å²) in [5, 5.41) is 23.0. The molecule has 0 aliphatic heterocycles. The minimum Gasteiger partial charge on any atom is -0.380 e. The van der Waals surface area contributed by atoms with Gasteiger partial charge in [-0.15, -0.1) is 0 Å². The molecule has 0 amide bonds. The van der Waals surface area contributed by atoms with E-state index < -0.39 is 17.9 Å². The lowest BCUT2D eigenvalue weighted by Crippen LogP contribution is -2.21. The highest BCUT2D eigenvalue weighted by Gasteiger charge is 2.37. The predicted molar refractivity (Wildman–Crippen MR) is 97.8 cm³/mol. The molecule has 1 atom stereocenters. The van der Waals surface area contributed by atoms with Gasteiger partial charge in [-0.1, -0.05) is 72.8 Å². The van der Waals surface area contributed by atoms with Gasteiger partial charge in [0.15, 0.2) is 7.14 Å². The van der Waals surface area contributed by atoms with E-state index in [0.29, 0.717) is 10.6 Å². The molecule has 0 spiro atoms. The van der Waals surface area contributed by atoms with Crippen LogP contribution in [0.1, 0.15) is 11.4 Å². The zero-order chi connectivity index (χ0) is 17.9. The van der Waals surface area contributed by atoms with Crippen LogP contribution in [0.15, 0.2) is 84.9 Å². The van der Waals surface area contributed by atoms with Crippen molar-refractivity contribution in [1.82, 2.24) is 0 Å². The van der Waals surface area contributed by atoms with Crippen molar-refractivity contribution >= 4 is 23.4 Å². The molecule has 3 aromatic carbocycles. The maximum absolute atomic E-state index is 14.0. The summed E-state index contributed by atoms with van der Waals surface area (Å²) in [6, 6.07) is 23.1. The summed E-state index contributed by atoms with van der Waals surface area (Å²) >= 11 is 0. The van der Waals surface area contributed by atoms with E-state index in [2.05, 4.69) is 0 Å². The first-order valence-corrected chi connectivity index (χ1v) is 9.44. The number of hydrogen-bond acceptors (Lipinski definition) is 4. The van der Waals surface area contributed by atoms with Gasteiger partial charge in [0.05, 0.1) is 4.92 Å². The molecule has 1 N–H and O–H groups in total. The van der Waals surface area contributed by atoms with Crippen LogP contribution >= 0.6 is 7.14 Å². The van der Waals surface area contributed by atoms with Crippen LogP contribution in [0.25, 0.3) is 0 Å². The molecule has 0 radical (unpaired) electrons. The number of hydrogen-bond donors (Lipinski definition) is 1. The lowest BCUT2D eigenvalue weighted by molar-refractivity contribution is -0.384. The van der Waals surface area contributed by atoms with Crippen LogP contribution in [0, 0.1) is 10.1 Å². The molecule has 0 aromatic heterocycles. The Balaban J connectivity index is 2.17. The third-order valence-electron chi connectivity index (χ3n) is 4.00. The van der Waals surface area contributed by atoms with E-state index in [9.17, 15) is 19.8 Å². The first kappa shape index (κ1) is 17.1. The Morgan fingerprint density at radius 2 is 1.36 bits per heavy atom. The van der Waals surface area contributed by atoms with Crippen LogP contribution < -0.4 is 10.6 Å². The van der Waals surface area contributed by atoms with Gasteiger partial charge in [0, 0.05) is 22.7 Å². The number of nitro groups is 1. The summed E-state index contributed by atoms with van der Waals surface area (Å²) in [6.45, 7) is 0. The molecule has 0 heterocycles. The van der Waals surface area contributed by atoms with E-state index in [0.717, 1.165) is 0 Å². The second-order valence-electron chi connectivity index (χ2n) is 5.55. The fraction of sp³-hybridized carbons (Fsp3) is 0.0526. The lowest BCUT2D eigenvalue weighted by atomic mass is 10.2. The summed E-state index contributed by atoms with van der Waals surface area (Å²) in [7, 11) is -3.45. The maximum atomic E-state index is 14.0. The van der Waals surface area contributed by atoms with Gasteiger partial charge in [-0.2, -0.15) is 0 Å². The normalized spacial score (nSPS) is 12.5. The number of benzene rings is 3. The molecule has 3 rings (SSSR count). The molecule has 0 saturated heterocycles. The summed E-state index contributed by atoms with van der Waals surface area (Å²) in [4.78, 5) is 10.5. The van der Waals surface area contributed by atoms with Crippen molar-refractivity contribution in [3.8, 4) is 0 Å². The Bertz CT molecular complexity index is 885. The highest BCUT2D eigenvalue weighted by Crippen LogP contribution is 2.55. The van der Waals surface area contributed by atoms with Crippen molar-refractivity contribution in [3.05, 3.63) is 101 Å². The molecular weight excluding hydrogens is 337 g/mol. The summed E-state index contributed by atoms with van der Waals surface area (Å²) in [5.74, 6) is -1.38. The Hall–Kier alpha value is -2.75. The summed E-state index contributed by atoms with van der Waals surface area (Å²) < 4.78 is 14.0. The monoisotopic (exact) mass is 353 g/mol. The minimum absolute atomic E-state index is 0.149. The Morgan fingerprint density at radius 3 is 1.84 bits per heavy atom. The van der Waals surface area contributed by atoms with Crippen molar-refractivity contribution < 1.29 is 14.6 Å². The quantitative estimate of drug-likeness (QED) is 0.432. The summed E-state index contributed by atoms with van der Waals surface area (Å²) in [6.07, 6.45) is 0. The molecule has 126 valence electrons. The number of aliphatic hydroxyl groups is 1. The average Bonchev–Trinajstić information content (AvgIpc) is 2.68. The van der Waals surface area contributed by atoms with Gasteiger partial charge in [0.2, 0.25) is 0 Å². The topological polar surface area (TPSA) is 80.4 Å². The van der Waals surface area contributed by atoms with Gasteiger partial charge in [-0.3, -0.25) is 10.1 Å². The minimum atomic E-state index is -3.45. The lowest BCUT2D eigenvalue weighted by Gasteiger charge is -2.25.